The first kappa shape index (κ1) is 7.79. The summed E-state index contributed by atoms with van der Waals surface area (Å²) in [7, 11) is 0. The van der Waals surface area contributed by atoms with Gasteiger partial charge in [-0.25, -0.2) is 9.97 Å². The number of hydrogen-bond donors (Lipinski definition) is 0. The van der Waals surface area contributed by atoms with E-state index >= 15 is 0 Å². The van der Waals surface area contributed by atoms with Crippen LogP contribution < -0.4 is 5.73 Å². The number of hydrogen-bond acceptors (Lipinski definition) is 2. The van der Waals surface area contributed by atoms with Gasteiger partial charge >= 0.3 is 0 Å². The Balaban J connectivity index is 2.15. The standard InChI is InChI=1S/C9H9N4/c10-9-2-1-8(5-12-9)6-13-4-3-11-7-13/h1-5,7,10H,6H2. The second kappa shape index (κ2) is 3.26. The molecule has 0 saturated heterocycles. The quantitative estimate of drug-likeness (QED) is 0.686. The van der Waals surface area contributed by atoms with Gasteiger partial charge in [0.2, 0.25) is 0 Å². The zero-order valence-corrected chi connectivity index (χ0v) is 7.01. The van der Waals surface area contributed by atoms with Crippen molar-refractivity contribution < 1.29 is 0 Å². The van der Waals surface area contributed by atoms with Gasteiger partial charge < -0.3 is 4.57 Å². The lowest BCUT2D eigenvalue weighted by atomic mass is 10.3. The van der Waals surface area contributed by atoms with E-state index in [0.717, 1.165) is 12.1 Å². The fraction of sp³-hybridized carbons (Fsp3) is 0.111. The number of pyridine rings is 1. The van der Waals surface area contributed by atoms with Crippen molar-refractivity contribution in [1.29, 1.82) is 0 Å². The minimum Gasteiger partial charge on any atom is -0.333 e. The van der Waals surface area contributed by atoms with Crippen LogP contribution in [-0.2, 0) is 6.54 Å². The molecule has 0 fully saturated rings. The average Bonchev–Trinajstić information content (AvgIpc) is 2.62. The lowest BCUT2D eigenvalue weighted by molar-refractivity contribution is 0.793. The maximum Gasteiger partial charge on any atom is 0.144 e. The highest BCUT2D eigenvalue weighted by atomic mass is 15.0. The van der Waals surface area contributed by atoms with Crippen molar-refractivity contribution in [3.05, 3.63) is 42.6 Å². The van der Waals surface area contributed by atoms with Crippen molar-refractivity contribution >= 4 is 5.82 Å². The van der Waals surface area contributed by atoms with Crippen LogP contribution in [0.2, 0.25) is 0 Å². The van der Waals surface area contributed by atoms with Gasteiger partial charge in [-0.1, -0.05) is 6.07 Å². The van der Waals surface area contributed by atoms with Crippen LogP contribution in [0.4, 0.5) is 5.82 Å². The number of aromatic nitrogens is 3. The minimum absolute atomic E-state index is 0.300. The topological polar surface area (TPSA) is 54.5 Å². The van der Waals surface area contributed by atoms with Crippen molar-refractivity contribution in [2.75, 3.05) is 0 Å². The number of rotatable bonds is 2. The number of imidazole rings is 1. The number of nitrogens with one attached hydrogen (secondary N) is 1. The van der Waals surface area contributed by atoms with Gasteiger partial charge in [0, 0.05) is 25.1 Å². The second-order valence-electron chi connectivity index (χ2n) is 2.79. The molecule has 2 aromatic rings. The molecule has 2 aromatic heterocycles. The van der Waals surface area contributed by atoms with E-state index in [2.05, 4.69) is 9.97 Å². The Bertz CT molecular complexity index is 363. The molecule has 0 aliphatic carbocycles. The second-order valence-corrected chi connectivity index (χ2v) is 2.79. The lowest BCUT2D eigenvalue weighted by Crippen LogP contribution is -1.96. The lowest BCUT2D eigenvalue weighted by Gasteiger charge is -2.01. The summed E-state index contributed by atoms with van der Waals surface area (Å²) in [5.41, 5.74) is 8.29. The highest BCUT2D eigenvalue weighted by Gasteiger charge is 1.94. The van der Waals surface area contributed by atoms with Crippen LogP contribution in [0.3, 0.4) is 0 Å². The van der Waals surface area contributed by atoms with E-state index in [1.165, 1.54) is 0 Å². The highest BCUT2D eigenvalue weighted by molar-refractivity contribution is 5.25. The Morgan fingerprint density at radius 2 is 2.31 bits per heavy atom. The molecule has 0 aromatic carbocycles. The third-order valence-electron chi connectivity index (χ3n) is 1.75. The largest absolute Gasteiger partial charge is 0.333 e. The van der Waals surface area contributed by atoms with E-state index in [9.17, 15) is 0 Å². The molecule has 2 heterocycles. The molecule has 0 aliphatic rings. The van der Waals surface area contributed by atoms with E-state index in [1.807, 2.05) is 16.8 Å². The summed E-state index contributed by atoms with van der Waals surface area (Å²) in [6.07, 6.45) is 7.11. The zero-order chi connectivity index (χ0) is 9.10. The predicted molar refractivity (Wildman–Crippen MR) is 48.3 cm³/mol. The molecule has 0 saturated carbocycles. The molecule has 4 nitrogen and oxygen atoms in total. The van der Waals surface area contributed by atoms with Crippen LogP contribution >= 0.6 is 0 Å². The van der Waals surface area contributed by atoms with Crippen LogP contribution in [0.25, 0.3) is 0 Å². The molecule has 1 radical (unpaired) electrons. The Hall–Kier alpha value is -1.84. The van der Waals surface area contributed by atoms with E-state index in [4.69, 9.17) is 5.73 Å². The van der Waals surface area contributed by atoms with Gasteiger partial charge in [0.25, 0.3) is 0 Å². The average molecular weight is 173 g/mol. The van der Waals surface area contributed by atoms with Gasteiger partial charge in [-0.15, -0.1) is 0 Å². The fourth-order valence-electron chi connectivity index (χ4n) is 1.11. The van der Waals surface area contributed by atoms with Gasteiger partial charge in [0.15, 0.2) is 0 Å². The van der Waals surface area contributed by atoms with Gasteiger partial charge in [-0.3, -0.25) is 5.73 Å². The van der Waals surface area contributed by atoms with Crippen LogP contribution in [-0.4, -0.2) is 14.5 Å². The molecule has 0 unspecified atom stereocenters. The first-order valence-electron chi connectivity index (χ1n) is 3.97. The third kappa shape index (κ3) is 1.84. The van der Waals surface area contributed by atoms with Crippen LogP contribution in [0.15, 0.2) is 37.1 Å². The van der Waals surface area contributed by atoms with E-state index in [1.54, 1.807) is 24.8 Å². The molecule has 0 atom stereocenters. The normalized spacial score (nSPS) is 10.2. The Kier molecular flexibility index (Phi) is 1.96. The van der Waals surface area contributed by atoms with Crippen molar-refractivity contribution in [2.45, 2.75) is 6.54 Å². The summed E-state index contributed by atoms with van der Waals surface area (Å²) in [6.45, 7) is 0.757. The summed E-state index contributed by atoms with van der Waals surface area (Å²) in [5, 5.41) is 0. The number of nitrogens with zero attached hydrogens (tertiary/aromatic N) is 3. The first-order chi connectivity index (χ1) is 6.34. The third-order valence-corrected chi connectivity index (χ3v) is 1.75. The van der Waals surface area contributed by atoms with E-state index < -0.39 is 0 Å². The van der Waals surface area contributed by atoms with Crippen LogP contribution in [0.5, 0.6) is 0 Å². The predicted octanol–water partition coefficient (Wildman–Crippen LogP) is 1.24. The molecule has 13 heavy (non-hydrogen) atoms. The van der Waals surface area contributed by atoms with Crippen LogP contribution in [0.1, 0.15) is 5.56 Å². The van der Waals surface area contributed by atoms with Crippen molar-refractivity contribution in [3.8, 4) is 0 Å². The summed E-state index contributed by atoms with van der Waals surface area (Å²) in [4.78, 5) is 7.83. The zero-order valence-electron chi connectivity index (χ0n) is 7.01. The molecule has 0 spiro atoms. The Morgan fingerprint density at radius 3 is 2.92 bits per heavy atom. The molecule has 0 bridgehead atoms. The van der Waals surface area contributed by atoms with Gasteiger partial charge in [-0.2, -0.15) is 0 Å². The van der Waals surface area contributed by atoms with Crippen molar-refractivity contribution in [2.24, 2.45) is 0 Å². The molecular weight excluding hydrogens is 164 g/mol. The van der Waals surface area contributed by atoms with E-state index in [0.29, 0.717) is 5.82 Å². The molecule has 2 rings (SSSR count). The molecule has 4 heteroatoms. The Labute approximate surface area is 76.1 Å². The molecular formula is C9H9N4. The maximum absolute atomic E-state index is 7.21. The molecule has 0 aliphatic heterocycles. The SMILES string of the molecule is [NH]c1ccc(Cn2ccnc2)cn1. The van der Waals surface area contributed by atoms with Crippen molar-refractivity contribution in [3.63, 3.8) is 0 Å². The molecule has 65 valence electrons. The highest BCUT2D eigenvalue weighted by Crippen LogP contribution is 2.04. The molecule has 0 amide bonds. The Morgan fingerprint density at radius 1 is 1.38 bits per heavy atom. The minimum atomic E-state index is 0.300. The summed E-state index contributed by atoms with van der Waals surface area (Å²) in [6, 6.07) is 3.58. The summed E-state index contributed by atoms with van der Waals surface area (Å²) in [5.74, 6) is 0.300. The summed E-state index contributed by atoms with van der Waals surface area (Å²) < 4.78 is 1.96. The fourth-order valence-corrected chi connectivity index (χ4v) is 1.11. The maximum atomic E-state index is 7.21. The van der Waals surface area contributed by atoms with Gasteiger partial charge in [0.1, 0.15) is 5.82 Å². The first-order valence-corrected chi connectivity index (χ1v) is 3.97. The van der Waals surface area contributed by atoms with Gasteiger partial charge in [-0.05, 0) is 11.6 Å². The smallest absolute Gasteiger partial charge is 0.144 e. The van der Waals surface area contributed by atoms with Crippen LogP contribution in [0, 0.1) is 0 Å². The van der Waals surface area contributed by atoms with Gasteiger partial charge in [0.05, 0.1) is 6.33 Å². The summed E-state index contributed by atoms with van der Waals surface area (Å²) >= 11 is 0. The van der Waals surface area contributed by atoms with Crippen molar-refractivity contribution in [1.82, 2.24) is 20.3 Å². The molecule has 1 N–H and O–H groups in total. The monoisotopic (exact) mass is 173 g/mol. The van der Waals surface area contributed by atoms with E-state index in [-0.39, 0.29) is 0 Å².